The number of ether oxygens (including phenoxy) is 2. The first-order chi connectivity index (χ1) is 8.48. The fourth-order valence-electron chi connectivity index (χ4n) is 1.13. The van der Waals surface area contributed by atoms with E-state index in [0.717, 1.165) is 0 Å². The zero-order chi connectivity index (χ0) is 13.9. The van der Waals surface area contributed by atoms with Gasteiger partial charge in [-0.05, 0) is 12.8 Å². The second-order valence-corrected chi connectivity index (χ2v) is 5.60. The molecule has 0 aromatic heterocycles. The quantitative estimate of drug-likeness (QED) is 0.482. The summed E-state index contributed by atoms with van der Waals surface area (Å²) in [4.78, 5) is 10.2. The number of sulfonamides is 1. The van der Waals surface area contributed by atoms with Crippen LogP contribution in [0.3, 0.4) is 0 Å². The van der Waals surface area contributed by atoms with Crippen molar-refractivity contribution in [3.05, 3.63) is 0 Å². The van der Waals surface area contributed by atoms with Gasteiger partial charge in [0, 0.05) is 26.7 Å². The molecule has 7 nitrogen and oxygen atoms in total. The van der Waals surface area contributed by atoms with Crippen molar-refractivity contribution in [2.75, 3.05) is 39.2 Å². The van der Waals surface area contributed by atoms with Crippen LogP contribution in [0.15, 0.2) is 0 Å². The molecule has 0 aliphatic carbocycles. The topological polar surface area (TPSA) is 102 Å². The third-order valence-electron chi connectivity index (χ3n) is 2.02. The lowest BCUT2D eigenvalue weighted by Gasteiger charge is -2.06. The number of nitrogens with one attached hydrogen (secondary N) is 1. The van der Waals surface area contributed by atoms with Crippen molar-refractivity contribution < 1.29 is 27.8 Å². The number of rotatable bonds is 12. The molecule has 0 radical (unpaired) electrons. The highest BCUT2D eigenvalue weighted by Crippen LogP contribution is 1.95. The molecule has 2 N–H and O–H groups in total. The highest BCUT2D eigenvalue weighted by molar-refractivity contribution is 7.89. The maximum atomic E-state index is 11.4. The standard InChI is InChI=1S/C10H21NO6S/c1-16-7-8-17-6-3-5-11-18(14,15)9-2-4-10(12)13/h11H,2-9H2,1H3,(H,12,13). The van der Waals surface area contributed by atoms with Gasteiger partial charge in [-0.1, -0.05) is 0 Å². The van der Waals surface area contributed by atoms with Crippen molar-refractivity contribution in [3.63, 3.8) is 0 Å². The maximum Gasteiger partial charge on any atom is 0.303 e. The van der Waals surface area contributed by atoms with E-state index >= 15 is 0 Å². The Hall–Kier alpha value is -0.700. The van der Waals surface area contributed by atoms with Crippen molar-refractivity contribution in [2.45, 2.75) is 19.3 Å². The van der Waals surface area contributed by atoms with E-state index in [0.29, 0.717) is 32.8 Å². The van der Waals surface area contributed by atoms with Crippen molar-refractivity contribution >= 4 is 16.0 Å². The second-order valence-electron chi connectivity index (χ2n) is 3.67. The number of aliphatic carboxylic acids is 1. The van der Waals surface area contributed by atoms with Crippen molar-refractivity contribution in [2.24, 2.45) is 0 Å². The molecule has 0 heterocycles. The Balaban J connectivity index is 3.49. The number of carbonyl (C=O) groups is 1. The summed E-state index contributed by atoms with van der Waals surface area (Å²) in [6.07, 6.45) is 0.553. The van der Waals surface area contributed by atoms with Crippen molar-refractivity contribution in [1.29, 1.82) is 0 Å². The molecule has 0 unspecified atom stereocenters. The first-order valence-electron chi connectivity index (χ1n) is 5.74. The van der Waals surface area contributed by atoms with Gasteiger partial charge in [0.25, 0.3) is 0 Å². The minimum atomic E-state index is -3.37. The summed E-state index contributed by atoms with van der Waals surface area (Å²) in [6, 6.07) is 0. The maximum absolute atomic E-state index is 11.4. The lowest BCUT2D eigenvalue weighted by atomic mass is 10.3. The van der Waals surface area contributed by atoms with Crippen LogP contribution in [-0.4, -0.2) is 58.7 Å². The average molecular weight is 283 g/mol. The van der Waals surface area contributed by atoms with Crippen LogP contribution in [0.25, 0.3) is 0 Å². The molecular formula is C10H21NO6S. The summed E-state index contributed by atoms with van der Waals surface area (Å²) in [5, 5.41) is 8.39. The minimum absolute atomic E-state index is 0.120. The van der Waals surface area contributed by atoms with Gasteiger partial charge >= 0.3 is 5.97 Å². The summed E-state index contributed by atoms with van der Waals surface area (Å²) in [5.74, 6) is -1.15. The number of hydrogen-bond donors (Lipinski definition) is 2. The van der Waals surface area contributed by atoms with Crippen LogP contribution in [0, 0.1) is 0 Å². The Morgan fingerprint density at radius 1 is 1.22 bits per heavy atom. The molecule has 0 spiro atoms. The van der Waals surface area contributed by atoms with E-state index < -0.39 is 16.0 Å². The van der Waals surface area contributed by atoms with E-state index in [1.807, 2.05) is 0 Å². The summed E-state index contributed by atoms with van der Waals surface area (Å²) >= 11 is 0. The van der Waals surface area contributed by atoms with Crippen LogP contribution in [-0.2, 0) is 24.3 Å². The fraction of sp³-hybridized carbons (Fsp3) is 0.900. The Labute approximate surface area is 108 Å². The minimum Gasteiger partial charge on any atom is -0.481 e. The lowest BCUT2D eigenvalue weighted by Crippen LogP contribution is -2.28. The fourth-order valence-corrected chi connectivity index (χ4v) is 2.26. The highest BCUT2D eigenvalue weighted by atomic mass is 32.2. The van der Waals surface area contributed by atoms with E-state index in [1.165, 1.54) is 0 Å². The second kappa shape index (κ2) is 10.2. The molecule has 0 aromatic carbocycles. The molecular weight excluding hydrogens is 262 g/mol. The van der Waals surface area contributed by atoms with Crippen LogP contribution in [0.1, 0.15) is 19.3 Å². The number of hydrogen-bond acceptors (Lipinski definition) is 5. The van der Waals surface area contributed by atoms with Crippen molar-refractivity contribution in [1.82, 2.24) is 4.72 Å². The van der Waals surface area contributed by atoms with E-state index in [2.05, 4.69) is 4.72 Å². The van der Waals surface area contributed by atoms with Gasteiger partial charge in [-0.25, -0.2) is 13.1 Å². The van der Waals surface area contributed by atoms with Crippen molar-refractivity contribution in [3.8, 4) is 0 Å². The van der Waals surface area contributed by atoms with E-state index in [4.69, 9.17) is 14.6 Å². The Morgan fingerprint density at radius 3 is 2.56 bits per heavy atom. The Bertz CT molecular complexity index is 316. The predicted molar refractivity (Wildman–Crippen MR) is 66.0 cm³/mol. The summed E-state index contributed by atoms with van der Waals surface area (Å²) in [7, 11) is -1.79. The third kappa shape index (κ3) is 11.8. The molecule has 0 aliphatic rings. The molecule has 0 aliphatic heterocycles. The molecule has 18 heavy (non-hydrogen) atoms. The lowest BCUT2D eigenvalue weighted by molar-refractivity contribution is -0.137. The van der Waals surface area contributed by atoms with Crippen LogP contribution in [0.2, 0.25) is 0 Å². The van der Waals surface area contributed by atoms with Gasteiger partial charge in [0.2, 0.25) is 10.0 Å². The molecule has 0 aromatic rings. The predicted octanol–water partition coefficient (Wildman–Crippen LogP) is -0.176. The van der Waals surface area contributed by atoms with Gasteiger partial charge in [-0.2, -0.15) is 0 Å². The van der Waals surface area contributed by atoms with E-state index in [-0.39, 0.29) is 18.6 Å². The SMILES string of the molecule is COCCOCCCNS(=O)(=O)CCCC(=O)O. The van der Waals surface area contributed by atoms with Gasteiger partial charge < -0.3 is 14.6 Å². The zero-order valence-corrected chi connectivity index (χ0v) is 11.4. The molecule has 0 saturated carbocycles. The summed E-state index contributed by atoms with van der Waals surface area (Å²) < 4.78 is 35.1. The van der Waals surface area contributed by atoms with E-state index in [9.17, 15) is 13.2 Å². The van der Waals surface area contributed by atoms with Crippen LogP contribution in [0.4, 0.5) is 0 Å². The first-order valence-corrected chi connectivity index (χ1v) is 7.39. The zero-order valence-electron chi connectivity index (χ0n) is 10.6. The molecule has 0 bridgehead atoms. The average Bonchev–Trinajstić information content (AvgIpc) is 2.27. The highest BCUT2D eigenvalue weighted by Gasteiger charge is 2.10. The molecule has 108 valence electrons. The molecule has 0 atom stereocenters. The van der Waals surface area contributed by atoms with Crippen LogP contribution >= 0.6 is 0 Å². The van der Waals surface area contributed by atoms with Crippen LogP contribution < -0.4 is 4.72 Å². The number of methoxy groups -OCH3 is 1. The van der Waals surface area contributed by atoms with Crippen LogP contribution in [0.5, 0.6) is 0 Å². The summed E-state index contributed by atoms with van der Waals surface area (Å²) in [6.45, 7) is 1.76. The molecule has 0 saturated heterocycles. The van der Waals surface area contributed by atoms with Gasteiger partial charge in [0.05, 0.1) is 19.0 Å². The van der Waals surface area contributed by atoms with Gasteiger partial charge in [-0.3, -0.25) is 4.79 Å². The Morgan fingerprint density at radius 2 is 1.94 bits per heavy atom. The van der Waals surface area contributed by atoms with Gasteiger partial charge in [0.15, 0.2) is 0 Å². The number of carboxylic acids is 1. The number of carboxylic acid groups (broad SMARTS) is 1. The smallest absolute Gasteiger partial charge is 0.303 e. The normalized spacial score (nSPS) is 11.6. The first kappa shape index (κ1) is 17.3. The summed E-state index contributed by atoms with van der Waals surface area (Å²) in [5.41, 5.74) is 0. The van der Waals surface area contributed by atoms with E-state index in [1.54, 1.807) is 7.11 Å². The molecule has 8 heteroatoms. The third-order valence-corrected chi connectivity index (χ3v) is 3.49. The molecule has 0 rings (SSSR count). The monoisotopic (exact) mass is 283 g/mol. The van der Waals surface area contributed by atoms with Gasteiger partial charge in [-0.15, -0.1) is 0 Å². The Kier molecular flexibility index (Phi) is 9.85. The molecule has 0 amide bonds. The largest absolute Gasteiger partial charge is 0.481 e. The van der Waals surface area contributed by atoms with Gasteiger partial charge in [0.1, 0.15) is 0 Å². The molecule has 0 fully saturated rings.